The van der Waals surface area contributed by atoms with Crippen LogP contribution in [0.1, 0.15) is 34.1 Å². The van der Waals surface area contributed by atoms with Crippen LogP contribution >= 0.6 is 11.6 Å². The van der Waals surface area contributed by atoms with E-state index in [0.717, 1.165) is 0 Å². The summed E-state index contributed by atoms with van der Waals surface area (Å²) in [6.07, 6.45) is 0.498. The normalized spacial score (nSPS) is 12.6. The Hall–Kier alpha value is -1.75. The molecule has 0 fully saturated rings. The van der Waals surface area contributed by atoms with Gasteiger partial charge < -0.3 is 15.3 Å². The Morgan fingerprint density at radius 1 is 1.27 bits per heavy atom. The van der Waals surface area contributed by atoms with Crippen LogP contribution in [0, 0.1) is 0 Å². The highest BCUT2D eigenvalue weighted by molar-refractivity contribution is 6.30. The van der Waals surface area contributed by atoms with E-state index >= 15 is 0 Å². The third-order valence-corrected chi connectivity index (χ3v) is 3.28. The van der Waals surface area contributed by atoms with Gasteiger partial charge in [-0.2, -0.15) is 0 Å². The van der Waals surface area contributed by atoms with Gasteiger partial charge in [0.1, 0.15) is 12.6 Å². The van der Waals surface area contributed by atoms with Gasteiger partial charge in [-0.1, -0.05) is 18.5 Å². The van der Waals surface area contributed by atoms with Gasteiger partial charge in [0.15, 0.2) is 0 Å². The Balaban J connectivity index is 3.09. The minimum absolute atomic E-state index is 0.189. The van der Waals surface area contributed by atoms with Crippen LogP contribution in [-0.2, 0) is 9.59 Å². The Bertz CT molecular complexity index is 523. The fourth-order valence-corrected chi connectivity index (χ4v) is 2.29. The summed E-state index contributed by atoms with van der Waals surface area (Å²) in [5.74, 6) is -1.18. The fourth-order valence-electron chi connectivity index (χ4n) is 2.16. The van der Waals surface area contributed by atoms with E-state index in [-0.39, 0.29) is 18.0 Å². The van der Waals surface area contributed by atoms with Crippen molar-refractivity contribution in [2.45, 2.75) is 45.7 Å². The minimum atomic E-state index is -0.989. The second-order valence-electron chi connectivity index (χ2n) is 6.16. The molecule has 22 heavy (non-hydrogen) atoms. The SMILES string of the molecule is CC[C@H](C(=O)NC(C)(C)C)N(CC(=O)O)c1ccc(Cl)cc1. The van der Waals surface area contributed by atoms with Gasteiger partial charge in [0, 0.05) is 16.2 Å². The van der Waals surface area contributed by atoms with Crippen LogP contribution < -0.4 is 10.2 Å². The first kappa shape index (κ1) is 18.3. The van der Waals surface area contributed by atoms with Gasteiger partial charge in [-0.25, -0.2) is 0 Å². The zero-order valence-electron chi connectivity index (χ0n) is 13.4. The number of carboxylic acids is 1. The molecule has 0 aliphatic rings. The largest absolute Gasteiger partial charge is 0.480 e. The van der Waals surface area contributed by atoms with Gasteiger partial charge in [0.05, 0.1) is 0 Å². The number of hydrogen-bond donors (Lipinski definition) is 2. The van der Waals surface area contributed by atoms with Crippen molar-refractivity contribution in [3.63, 3.8) is 0 Å². The Labute approximate surface area is 136 Å². The van der Waals surface area contributed by atoms with Crippen LogP contribution in [0.5, 0.6) is 0 Å². The second-order valence-corrected chi connectivity index (χ2v) is 6.60. The maximum absolute atomic E-state index is 12.5. The number of carbonyl (C=O) groups excluding carboxylic acids is 1. The lowest BCUT2D eigenvalue weighted by Gasteiger charge is -2.33. The first-order valence-corrected chi connectivity index (χ1v) is 7.58. The molecular weight excluding hydrogens is 304 g/mol. The van der Waals surface area contributed by atoms with E-state index < -0.39 is 12.0 Å². The summed E-state index contributed by atoms with van der Waals surface area (Å²) in [7, 11) is 0. The Kier molecular flexibility index (Phi) is 6.23. The molecule has 0 unspecified atom stereocenters. The standard InChI is InChI=1S/C16H23ClN2O3/c1-5-13(15(22)18-16(2,3)4)19(10-14(20)21)12-8-6-11(17)7-9-12/h6-9,13H,5,10H2,1-4H3,(H,18,22)(H,20,21)/t13-/m1/s1. The van der Waals surface area contributed by atoms with Crippen LogP contribution in [0.15, 0.2) is 24.3 Å². The molecule has 1 aromatic carbocycles. The van der Waals surface area contributed by atoms with E-state index in [1.165, 1.54) is 0 Å². The highest BCUT2D eigenvalue weighted by Crippen LogP contribution is 2.22. The molecule has 6 heteroatoms. The lowest BCUT2D eigenvalue weighted by atomic mass is 10.1. The van der Waals surface area contributed by atoms with Crippen molar-refractivity contribution < 1.29 is 14.7 Å². The average molecular weight is 327 g/mol. The molecule has 0 saturated carbocycles. The van der Waals surface area contributed by atoms with Crippen molar-refractivity contribution in [1.82, 2.24) is 5.32 Å². The highest BCUT2D eigenvalue weighted by atomic mass is 35.5. The third-order valence-electron chi connectivity index (χ3n) is 3.03. The summed E-state index contributed by atoms with van der Waals surface area (Å²) in [6.45, 7) is 7.28. The molecule has 0 heterocycles. The molecule has 122 valence electrons. The molecule has 2 N–H and O–H groups in total. The number of aliphatic carboxylic acids is 1. The number of amides is 1. The molecule has 1 rings (SSSR count). The van der Waals surface area contributed by atoms with E-state index in [1.807, 2.05) is 27.7 Å². The molecule has 0 spiro atoms. The maximum atomic E-state index is 12.5. The van der Waals surface area contributed by atoms with Gasteiger partial charge in [-0.15, -0.1) is 0 Å². The van der Waals surface area contributed by atoms with Crippen molar-refractivity contribution >= 4 is 29.2 Å². The molecule has 0 bridgehead atoms. The first-order chi connectivity index (χ1) is 10.1. The van der Waals surface area contributed by atoms with E-state index in [2.05, 4.69) is 5.32 Å². The first-order valence-electron chi connectivity index (χ1n) is 7.20. The van der Waals surface area contributed by atoms with Crippen molar-refractivity contribution in [3.8, 4) is 0 Å². The molecule has 0 aromatic heterocycles. The molecular formula is C16H23ClN2O3. The van der Waals surface area contributed by atoms with Crippen molar-refractivity contribution in [2.24, 2.45) is 0 Å². The van der Waals surface area contributed by atoms with Crippen LogP contribution in [0.4, 0.5) is 5.69 Å². The Morgan fingerprint density at radius 3 is 2.23 bits per heavy atom. The molecule has 1 aromatic rings. The lowest BCUT2D eigenvalue weighted by molar-refractivity contribution is -0.135. The van der Waals surface area contributed by atoms with Crippen molar-refractivity contribution in [3.05, 3.63) is 29.3 Å². The molecule has 5 nitrogen and oxygen atoms in total. The van der Waals surface area contributed by atoms with Gasteiger partial charge in [0.2, 0.25) is 5.91 Å². The van der Waals surface area contributed by atoms with Crippen molar-refractivity contribution in [1.29, 1.82) is 0 Å². The summed E-state index contributed by atoms with van der Waals surface area (Å²) in [5.41, 5.74) is 0.280. The van der Waals surface area contributed by atoms with Gasteiger partial charge in [-0.05, 0) is 51.5 Å². The summed E-state index contributed by atoms with van der Waals surface area (Å²) in [4.78, 5) is 25.2. The molecule has 1 atom stereocenters. The number of carboxylic acid groups (broad SMARTS) is 1. The molecule has 0 saturated heterocycles. The summed E-state index contributed by atoms with van der Waals surface area (Å²) >= 11 is 5.87. The minimum Gasteiger partial charge on any atom is -0.480 e. The number of nitrogens with zero attached hydrogens (tertiary/aromatic N) is 1. The van der Waals surface area contributed by atoms with Crippen LogP contribution in [0.25, 0.3) is 0 Å². The number of carbonyl (C=O) groups is 2. The van der Waals surface area contributed by atoms with E-state index in [1.54, 1.807) is 29.2 Å². The summed E-state index contributed by atoms with van der Waals surface area (Å²) in [5, 5.41) is 12.6. The number of benzene rings is 1. The van der Waals surface area contributed by atoms with E-state index in [0.29, 0.717) is 17.1 Å². The molecule has 0 radical (unpaired) electrons. The number of rotatable bonds is 6. The van der Waals surface area contributed by atoms with Crippen molar-refractivity contribution in [2.75, 3.05) is 11.4 Å². The topological polar surface area (TPSA) is 69.6 Å². The monoisotopic (exact) mass is 326 g/mol. The zero-order valence-corrected chi connectivity index (χ0v) is 14.1. The van der Waals surface area contributed by atoms with E-state index in [4.69, 9.17) is 16.7 Å². The highest BCUT2D eigenvalue weighted by Gasteiger charge is 2.28. The summed E-state index contributed by atoms with van der Waals surface area (Å²) < 4.78 is 0. The fraction of sp³-hybridized carbons (Fsp3) is 0.500. The third kappa shape index (κ3) is 5.56. The van der Waals surface area contributed by atoms with Gasteiger partial charge in [0.25, 0.3) is 0 Å². The van der Waals surface area contributed by atoms with Gasteiger partial charge in [-0.3, -0.25) is 9.59 Å². The van der Waals surface area contributed by atoms with Crippen LogP contribution in [-0.4, -0.2) is 35.1 Å². The lowest BCUT2D eigenvalue weighted by Crippen LogP contribution is -2.53. The number of hydrogen-bond acceptors (Lipinski definition) is 3. The molecule has 0 aliphatic heterocycles. The number of nitrogens with one attached hydrogen (secondary N) is 1. The molecule has 1 amide bonds. The second kappa shape index (κ2) is 7.49. The molecule has 0 aliphatic carbocycles. The summed E-state index contributed by atoms with van der Waals surface area (Å²) in [6, 6.07) is 6.24. The van der Waals surface area contributed by atoms with E-state index in [9.17, 15) is 9.59 Å². The number of anilines is 1. The van der Waals surface area contributed by atoms with Crippen LogP contribution in [0.3, 0.4) is 0 Å². The quantitative estimate of drug-likeness (QED) is 0.843. The van der Waals surface area contributed by atoms with Gasteiger partial charge >= 0.3 is 5.97 Å². The number of halogens is 1. The predicted molar refractivity (Wildman–Crippen MR) is 88.4 cm³/mol. The maximum Gasteiger partial charge on any atom is 0.323 e. The van der Waals surface area contributed by atoms with Crippen LogP contribution in [0.2, 0.25) is 5.02 Å². The zero-order chi connectivity index (χ0) is 16.9. The Morgan fingerprint density at radius 2 is 1.82 bits per heavy atom. The average Bonchev–Trinajstić information content (AvgIpc) is 2.36. The predicted octanol–water partition coefficient (Wildman–Crippen LogP) is 2.92. The smallest absolute Gasteiger partial charge is 0.323 e.